The molecule has 1 heterocycles. The van der Waals surface area contributed by atoms with E-state index in [0.29, 0.717) is 11.1 Å². The molecule has 8 heteroatoms. The van der Waals surface area contributed by atoms with Gasteiger partial charge in [-0.25, -0.2) is 13.4 Å². The van der Waals surface area contributed by atoms with Gasteiger partial charge in [0.15, 0.2) is 9.84 Å². The van der Waals surface area contributed by atoms with Crippen LogP contribution in [0.2, 0.25) is 0 Å². The number of nitrogens with zero attached hydrogens (tertiary/aromatic N) is 3. The number of carbonyl (C=O) groups excluding carboxylic acids is 1. The van der Waals surface area contributed by atoms with Gasteiger partial charge in [-0.2, -0.15) is 5.26 Å². The van der Waals surface area contributed by atoms with Crippen molar-refractivity contribution in [2.75, 3.05) is 12.8 Å². The Kier molecular flexibility index (Phi) is 5.54. The quantitative estimate of drug-likeness (QED) is 0.636. The van der Waals surface area contributed by atoms with Crippen LogP contribution in [-0.4, -0.2) is 37.0 Å². The highest BCUT2D eigenvalue weighted by molar-refractivity contribution is 7.91. The van der Waals surface area contributed by atoms with Crippen LogP contribution in [0.15, 0.2) is 48.5 Å². The number of sulfone groups is 1. The first-order valence-corrected chi connectivity index (χ1v) is 10.8. The maximum absolute atomic E-state index is 12.3. The Labute approximate surface area is 161 Å². The smallest absolute Gasteiger partial charge is 0.237 e. The molecule has 27 heavy (non-hydrogen) atoms. The molecule has 0 aliphatic rings. The van der Waals surface area contributed by atoms with Gasteiger partial charge in [-0.3, -0.25) is 4.79 Å². The van der Waals surface area contributed by atoms with Gasteiger partial charge in [0.2, 0.25) is 5.91 Å². The fraction of sp³-hybridized carbons (Fsp3) is 0.211. The van der Waals surface area contributed by atoms with Crippen molar-refractivity contribution in [2.45, 2.75) is 12.3 Å². The van der Waals surface area contributed by atoms with Gasteiger partial charge < -0.3 is 4.90 Å². The third-order valence-electron chi connectivity index (χ3n) is 3.95. The topological polar surface area (TPSA) is 91.1 Å². The van der Waals surface area contributed by atoms with Gasteiger partial charge in [0.25, 0.3) is 0 Å². The first-order valence-electron chi connectivity index (χ1n) is 8.14. The Hall–Kier alpha value is -2.76. The summed E-state index contributed by atoms with van der Waals surface area (Å²) in [7, 11) is -2.03. The Morgan fingerprint density at radius 2 is 1.89 bits per heavy atom. The van der Waals surface area contributed by atoms with E-state index in [1.54, 1.807) is 31.3 Å². The lowest BCUT2D eigenvalue weighted by atomic mass is 10.2. The molecule has 0 fully saturated rings. The second-order valence-corrected chi connectivity index (χ2v) is 9.35. The summed E-state index contributed by atoms with van der Waals surface area (Å²) in [5.74, 6) is -1.27. The molecular weight excluding hydrogens is 382 g/mol. The van der Waals surface area contributed by atoms with Crippen molar-refractivity contribution >= 4 is 37.3 Å². The van der Waals surface area contributed by atoms with Crippen LogP contribution in [0.1, 0.15) is 16.1 Å². The molecule has 0 aliphatic carbocycles. The highest BCUT2D eigenvalue weighted by atomic mass is 32.2. The molecule has 0 saturated heterocycles. The van der Waals surface area contributed by atoms with Crippen molar-refractivity contribution in [3.63, 3.8) is 0 Å². The fourth-order valence-corrected chi connectivity index (χ4v) is 4.98. The molecule has 0 unspecified atom stereocenters. The van der Waals surface area contributed by atoms with Gasteiger partial charge in [0.05, 0.1) is 34.1 Å². The normalized spacial score (nSPS) is 11.3. The van der Waals surface area contributed by atoms with Gasteiger partial charge in [-0.1, -0.05) is 24.3 Å². The van der Waals surface area contributed by atoms with Gasteiger partial charge in [0.1, 0.15) is 10.8 Å². The summed E-state index contributed by atoms with van der Waals surface area (Å²) in [5, 5.41) is 9.55. The molecular formula is C19H17N3O3S2. The number of hydrogen-bond acceptors (Lipinski definition) is 6. The van der Waals surface area contributed by atoms with Crippen LogP contribution < -0.4 is 0 Å². The summed E-state index contributed by atoms with van der Waals surface area (Å²) < 4.78 is 25.7. The zero-order chi connectivity index (χ0) is 19.4. The average molecular weight is 399 g/mol. The highest BCUT2D eigenvalue weighted by Gasteiger charge is 2.21. The van der Waals surface area contributed by atoms with Gasteiger partial charge >= 0.3 is 0 Å². The lowest BCUT2D eigenvalue weighted by Crippen LogP contribution is -2.32. The number of nitriles is 1. The number of hydrogen-bond donors (Lipinski definition) is 0. The predicted octanol–water partition coefficient (Wildman–Crippen LogP) is 2.74. The van der Waals surface area contributed by atoms with E-state index in [1.807, 2.05) is 30.3 Å². The molecule has 0 aliphatic heterocycles. The van der Waals surface area contributed by atoms with Crippen molar-refractivity contribution in [2.24, 2.45) is 0 Å². The molecule has 0 atom stereocenters. The number of rotatable bonds is 6. The molecule has 1 amide bonds. The largest absolute Gasteiger partial charge is 0.338 e. The predicted molar refractivity (Wildman–Crippen MR) is 105 cm³/mol. The van der Waals surface area contributed by atoms with Crippen LogP contribution in [0.25, 0.3) is 10.2 Å². The standard InChI is InChI=1S/C19H17N3O3S2/c1-22(11-18-21-16-4-2-3-5-17(16)26-18)19(23)13-27(24,25)12-15-8-6-14(10-20)7-9-15/h2-9H,11-13H2,1H3. The zero-order valence-electron chi connectivity index (χ0n) is 14.6. The van der Waals surface area contributed by atoms with Crippen LogP contribution >= 0.6 is 11.3 Å². The van der Waals surface area contributed by atoms with E-state index in [1.165, 1.54) is 16.2 Å². The van der Waals surface area contributed by atoms with Crippen molar-refractivity contribution < 1.29 is 13.2 Å². The molecule has 2 aromatic carbocycles. The summed E-state index contributed by atoms with van der Waals surface area (Å²) in [6.45, 7) is 0.268. The third kappa shape index (κ3) is 4.90. The molecule has 0 bridgehead atoms. The van der Waals surface area contributed by atoms with Crippen LogP contribution in [0, 0.1) is 11.3 Å². The van der Waals surface area contributed by atoms with E-state index in [-0.39, 0.29) is 12.3 Å². The van der Waals surface area contributed by atoms with Crippen LogP contribution in [0.4, 0.5) is 0 Å². The lowest BCUT2D eigenvalue weighted by molar-refractivity contribution is -0.127. The molecule has 0 radical (unpaired) electrons. The van der Waals surface area contributed by atoms with Crippen molar-refractivity contribution in [3.05, 3.63) is 64.7 Å². The van der Waals surface area contributed by atoms with Crippen molar-refractivity contribution in [1.29, 1.82) is 5.26 Å². The first kappa shape index (κ1) is 19.0. The van der Waals surface area contributed by atoms with Crippen LogP contribution in [0.5, 0.6) is 0 Å². The van der Waals surface area contributed by atoms with Gasteiger partial charge in [0, 0.05) is 7.05 Å². The summed E-state index contributed by atoms with van der Waals surface area (Å²) >= 11 is 1.49. The molecule has 0 saturated carbocycles. The highest BCUT2D eigenvalue weighted by Crippen LogP contribution is 2.22. The fourth-order valence-electron chi connectivity index (χ4n) is 2.56. The minimum absolute atomic E-state index is 0.237. The number of para-hydroxylation sites is 1. The van der Waals surface area contributed by atoms with Gasteiger partial charge in [-0.05, 0) is 29.8 Å². The van der Waals surface area contributed by atoms with Crippen LogP contribution in [0.3, 0.4) is 0 Å². The lowest BCUT2D eigenvalue weighted by Gasteiger charge is -2.15. The zero-order valence-corrected chi connectivity index (χ0v) is 16.3. The van der Waals surface area contributed by atoms with Crippen LogP contribution in [-0.2, 0) is 26.9 Å². The first-order chi connectivity index (χ1) is 12.9. The Balaban J connectivity index is 1.62. The Morgan fingerprint density at radius 3 is 2.56 bits per heavy atom. The number of benzene rings is 2. The number of amides is 1. The van der Waals surface area contributed by atoms with E-state index >= 15 is 0 Å². The van der Waals surface area contributed by atoms with E-state index in [4.69, 9.17) is 5.26 Å². The van der Waals surface area contributed by atoms with E-state index < -0.39 is 21.5 Å². The number of fused-ring (bicyclic) bond motifs is 1. The van der Waals surface area contributed by atoms with E-state index in [2.05, 4.69) is 4.98 Å². The molecule has 0 N–H and O–H groups in total. The second-order valence-electron chi connectivity index (χ2n) is 6.17. The maximum atomic E-state index is 12.3. The summed E-state index contributed by atoms with van der Waals surface area (Å²) in [6, 6.07) is 16.0. The molecule has 1 aromatic heterocycles. The third-order valence-corrected chi connectivity index (χ3v) is 6.43. The molecule has 6 nitrogen and oxygen atoms in total. The van der Waals surface area contributed by atoms with E-state index in [0.717, 1.165) is 15.2 Å². The Bertz CT molecular complexity index is 1080. The molecule has 0 spiro atoms. The number of carbonyl (C=O) groups is 1. The van der Waals surface area contributed by atoms with E-state index in [9.17, 15) is 13.2 Å². The Morgan fingerprint density at radius 1 is 1.19 bits per heavy atom. The van der Waals surface area contributed by atoms with Gasteiger partial charge in [-0.15, -0.1) is 11.3 Å². The van der Waals surface area contributed by atoms with Crippen molar-refractivity contribution in [1.82, 2.24) is 9.88 Å². The maximum Gasteiger partial charge on any atom is 0.237 e. The minimum atomic E-state index is -3.61. The summed E-state index contributed by atoms with van der Waals surface area (Å²) in [5.41, 5.74) is 1.88. The van der Waals surface area contributed by atoms with Crippen molar-refractivity contribution in [3.8, 4) is 6.07 Å². The number of aromatic nitrogens is 1. The second kappa shape index (κ2) is 7.86. The summed E-state index contributed by atoms with van der Waals surface area (Å²) in [4.78, 5) is 18.2. The molecule has 138 valence electrons. The SMILES string of the molecule is CN(Cc1nc2ccccc2s1)C(=O)CS(=O)(=O)Cc1ccc(C#N)cc1. The number of thiazole rings is 1. The molecule has 3 rings (SSSR count). The monoisotopic (exact) mass is 399 g/mol. The minimum Gasteiger partial charge on any atom is -0.338 e. The average Bonchev–Trinajstić information content (AvgIpc) is 3.03. The molecule has 3 aromatic rings. The summed E-state index contributed by atoms with van der Waals surface area (Å²) in [6.07, 6.45) is 0.